The number of ether oxygens (including phenoxy) is 1. The largest absolute Gasteiger partial charge is 0.378 e. The molecule has 0 radical (unpaired) electrons. The molecule has 3 aliphatic rings. The lowest BCUT2D eigenvalue weighted by Crippen LogP contribution is -2.37. The molecule has 80 valence electrons. The normalized spacial score (nSPS) is 41.8. The van der Waals surface area contributed by atoms with Crippen molar-refractivity contribution in [2.24, 2.45) is 11.3 Å². The number of likely N-dealkylation sites (tertiary alicyclic amines) is 1. The molecule has 1 unspecified atom stereocenters. The van der Waals surface area contributed by atoms with Crippen molar-refractivity contribution < 1.29 is 4.74 Å². The molecule has 0 aromatic carbocycles. The van der Waals surface area contributed by atoms with Crippen LogP contribution in [0.2, 0.25) is 0 Å². The van der Waals surface area contributed by atoms with Gasteiger partial charge in [-0.05, 0) is 63.6 Å². The lowest BCUT2D eigenvalue weighted by molar-refractivity contribution is 0.0650. The quantitative estimate of drug-likeness (QED) is 0.585. The molecule has 0 amide bonds. The van der Waals surface area contributed by atoms with Crippen LogP contribution < -0.4 is 0 Å². The SMILES string of the molecule is CN1CCC2(CC1)CC1CCO[C@@H]1C2. The minimum atomic E-state index is 0.637. The smallest absolute Gasteiger partial charge is 0.0609 e. The minimum absolute atomic E-state index is 0.637. The van der Waals surface area contributed by atoms with E-state index < -0.39 is 0 Å². The fourth-order valence-corrected chi connectivity index (χ4v) is 3.72. The Balaban J connectivity index is 1.68. The van der Waals surface area contributed by atoms with Gasteiger partial charge in [0.1, 0.15) is 0 Å². The monoisotopic (exact) mass is 195 g/mol. The van der Waals surface area contributed by atoms with Crippen LogP contribution in [0.3, 0.4) is 0 Å². The predicted octanol–water partition coefficient (Wildman–Crippen LogP) is 1.90. The van der Waals surface area contributed by atoms with Crippen LogP contribution in [0.1, 0.15) is 32.1 Å². The Morgan fingerprint density at radius 3 is 2.71 bits per heavy atom. The average Bonchev–Trinajstić information content (AvgIpc) is 2.69. The van der Waals surface area contributed by atoms with Gasteiger partial charge in [-0.1, -0.05) is 0 Å². The fourth-order valence-electron chi connectivity index (χ4n) is 3.72. The molecule has 1 aliphatic carbocycles. The van der Waals surface area contributed by atoms with Gasteiger partial charge < -0.3 is 9.64 Å². The summed E-state index contributed by atoms with van der Waals surface area (Å²) in [6.07, 6.45) is 7.64. The Bertz CT molecular complexity index is 206. The number of piperidine rings is 1. The standard InChI is InChI=1S/C12H21NO/c1-13-5-3-12(4-6-13)8-10-2-7-14-11(10)9-12/h10-11H,2-9H2,1H3/t10?,11-/m1/s1. The Hall–Kier alpha value is -0.0800. The van der Waals surface area contributed by atoms with Gasteiger partial charge in [0.15, 0.2) is 0 Å². The van der Waals surface area contributed by atoms with E-state index in [1.54, 1.807) is 0 Å². The summed E-state index contributed by atoms with van der Waals surface area (Å²) in [6, 6.07) is 0. The van der Waals surface area contributed by atoms with Gasteiger partial charge >= 0.3 is 0 Å². The van der Waals surface area contributed by atoms with E-state index in [0.29, 0.717) is 11.5 Å². The molecule has 0 N–H and O–H groups in total. The van der Waals surface area contributed by atoms with Crippen molar-refractivity contribution in [2.45, 2.75) is 38.2 Å². The van der Waals surface area contributed by atoms with Gasteiger partial charge in [0.2, 0.25) is 0 Å². The number of hydrogen-bond donors (Lipinski definition) is 0. The highest BCUT2D eigenvalue weighted by Gasteiger charge is 2.48. The van der Waals surface area contributed by atoms with E-state index in [1.165, 1.54) is 45.2 Å². The summed E-state index contributed by atoms with van der Waals surface area (Å²) in [7, 11) is 2.25. The Kier molecular flexibility index (Phi) is 2.10. The van der Waals surface area contributed by atoms with Gasteiger partial charge in [0.05, 0.1) is 6.10 Å². The maximum absolute atomic E-state index is 5.82. The van der Waals surface area contributed by atoms with Gasteiger partial charge in [0.25, 0.3) is 0 Å². The van der Waals surface area contributed by atoms with Crippen LogP contribution in [0.5, 0.6) is 0 Å². The third-order valence-corrected chi connectivity index (χ3v) is 4.72. The van der Waals surface area contributed by atoms with Crippen LogP contribution in [0.4, 0.5) is 0 Å². The zero-order valence-corrected chi connectivity index (χ0v) is 9.17. The van der Waals surface area contributed by atoms with E-state index in [0.717, 1.165) is 12.5 Å². The number of hydrogen-bond acceptors (Lipinski definition) is 2. The van der Waals surface area contributed by atoms with Crippen molar-refractivity contribution in [1.82, 2.24) is 4.90 Å². The van der Waals surface area contributed by atoms with Crippen LogP contribution >= 0.6 is 0 Å². The van der Waals surface area contributed by atoms with Crippen molar-refractivity contribution in [3.63, 3.8) is 0 Å². The molecule has 3 rings (SSSR count). The predicted molar refractivity (Wildman–Crippen MR) is 56.2 cm³/mol. The molecule has 2 aliphatic heterocycles. The van der Waals surface area contributed by atoms with Crippen molar-refractivity contribution >= 4 is 0 Å². The molecule has 2 atom stereocenters. The molecular formula is C12H21NO. The second-order valence-corrected chi connectivity index (χ2v) is 5.67. The van der Waals surface area contributed by atoms with Crippen LogP contribution in [0.25, 0.3) is 0 Å². The van der Waals surface area contributed by atoms with Gasteiger partial charge in [0, 0.05) is 6.61 Å². The third-order valence-electron chi connectivity index (χ3n) is 4.72. The maximum atomic E-state index is 5.82. The van der Waals surface area contributed by atoms with Crippen molar-refractivity contribution in [3.8, 4) is 0 Å². The molecule has 3 fully saturated rings. The lowest BCUT2D eigenvalue weighted by Gasteiger charge is -2.38. The average molecular weight is 195 g/mol. The van der Waals surface area contributed by atoms with E-state index in [2.05, 4.69) is 11.9 Å². The first-order chi connectivity index (χ1) is 6.77. The summed E-state index contributed by atoms with van der Waals surface area (Å²) in [4.78, 5) is 2.47. The summed E-state index contributed by atoms with van der Waals surface area (Å²) in [5.41, 5.74) is 0.683. The highest BCUT2D eigenvalue weighted by atomic mass is 16.5. The van der Waals surface area contributed by atoms with E-state index in [-0.39, 0.29) is 0 Å². The Labute approximate surface area is 86.6 Å². The first-order valence-electron chi connectivity index (χ1n) is 6.08. The second kappa shape index (κ2) is 3.21. The molecule has 0 bridgehead atoms. The third kappa shape index (κ3) is 1.40. The second-order valence-electron chi connectivity index (χ2n) is 5.67. The summed E-state index contributed by atoms with van der Waals surface area (Å²) in [5, 5.41) is 0. The fraction of sp³-hybridized carbons (Fsp3) is 1.00. The summed E-state index contributed by atoms with van der Waals surface area (Å²) in [6.45, 7) is 3.64. The molecule has 2 saturated heterocycles. The zero-order chi connectivity index (χ0) is 9.60. The van der Waals surface area contributed by atoms with Gasteiger partial charge in [-0.3, -0.25) is 0 Å². The molecule has 2 nitrogen and oxygen atoms in total. The molecular weight excluding hydrogens is 174 g/mol. The summed E-state index contributed by atoms with van der Waals surface area (Å²) in [5.74, 6) is 0.915. The molecule has 2 heteroatoms. The molecule has 2 heterocycles. The maximum Gasteiger partial charge on any atom is 0.0609 e. The number of fused-ring (bicyclic) bond motifs is 1. The minimum Gasteiger partial charge on any atom is -0.378 e. The van der Waals surface area contributed by atoms with Crippen LogP contribution in [-0.2, 0) is 4.74 Å². The molecule has 0 aromatic heterocycles. The van der Waals surface area contributed by atoms with E-state index in [1.807, 2.05) is 0 Å². The molecule has 0 aromatic rings. The lowest BCUT2D eigenvalue weighted by atomic mass is 9.76. The van der Waals surface area contributed by atoms with Gasteiger partial charge in [-0.25, -0.2) is 0 Å². The number of rotatable bonds is 0. The van der Waals surface area contributed by atoms with Crippen LogP contribution in [0.15, 0.2) is 0 Å². The van der Waals surface area contributed by atoms with Crippen molar-refractivity contribution in [2.75, 3.05) is 26.7 Å². The van der Waals surface area contributed by atoms with E-state index >= 15 is 0 Å². The first-order valence-corrected chi connectivity index (χ1v) is 6.08. The van der Waals surface area contributed by atoms with Crippen LogP contribution in [0, 0.1) is 11.3 Å². The Morgan fingerprint density at radius 2 is 2.00 bits per heavy atom. The summed E-state index contributed by atoms with van der Waals surface area (Å²) < 4.78 is 5.82. The van der Waals surface area contributed by atoms with Gasteiger partial charge in [-0.15, -0.1) is 0 Å². The molecule has 1 spiro atoms. The Morgan fingerprint density at radius 1 is 1.21 bits per heavy atom. The van der Waals surface area contributed by atoms with Crippen molar-refractivity contribution in [1.29, 1.82) is 0 Å². The van der Waals surface area contributed by atoms with Crippen LogP contribution in [-0.4, -0.2) is 37.7 Å². The zero-order valence-electron chi connectivity index (χ0n) is 9.17. The van der Waals surface area contributed by atoms with Crippen molar-refractivity contribution in [3.05, 3.63) is 0 Å². The number of nitrogens with zero attached hydrogens (tertiary/aromatic N) is 1. The topological polar surface area (TPSA) is 12.5 Å². The molecule has 1 saturated carbocycles. The first kappa shape index (κ1) is 9.17. The van der Waals surface area contributed by atoms with E-state index in [9.17, 15) is 0 Å². The summed E-state index contributed by atoms with van der Waals surface area (Å²) >= 11 is 0. The highest BCUT2D eigenvalue weighted by molar-refractivity contribution is 4.99. The highest BCUT2D eigenvalue weighted by Crippen LogP contribution is 2.52. The molecule has 14 heavy (non-hydrogen) atoms. The van der Waals surface area contributed by atoms with E-state index in [4.69, 9.17) is 4.74 Å². The van der Waals surface area contributed by atoms with Gasteiger partial charge in [-0.2, -0.15) is 0 Å².